The summed E-state index contributed by atoms with van der Waals surface area (Å²) < 4.78 is 6.84. The summed E-state index contributed by atoms with van der Waals surface area (Å²) in [7, 11) is 0. The van der Waals surface area contributed by atoms with Gasteiger partial charge in [0.15, 0.2) is 9.47 Å². The molecule has 0 aliphatic carbocycles. The Morgan fingerprint density at radius 1 is 1.28 bits per heavy atom. The number of hydrogen-bond acceptors (Lipinski definition) is 8. The van der Waals surface area contributed by atoms with Gasteiger partial charge in [-0.25, -0.2) is 9.97 Å². The molecule has 9 heteroatoms. The van der Waals surface area contributed by atoms with Crippen LogP contribution in [0.4, 0.5) is 5.13 Å². The molecule has 0 unspecified atom stereocenters. The lowest BCUT2D eigenvalue weighted by atomic mass is 10.3. The smallest absolute Gasteiger partial charge is 0.311 e. The first-order valence-electron chi connectivity index (χ1n) is 7.52. The van der Waals surface area contributed by atoms with Crippen LogP contribution < -0.4 is 5.32 Å². The molecule has 1 amide bonds. The highest BCUT2D eigenvalue weighted by atomic mass is 32.2. The molecule has 0 radical (unpaired) electrons. The monoisotopic (exact) mass is 393 g/mol. The summed E-state index contributed by atoms with van der Waals surface area (Å²) in [4.78, 5) is 32.2. The number of thiazole rings is 2. The standard InChI is InChI=1S/C16H15N3O3S3/c1-2-22-14(21)7-10-8-23-15(17-10)19-13(20)9-24-16-18-11-5-3-4-6-12(11)25-16/h3-6,8H,2,7,9H2,1H3,(H,17,19,20). The summed E-state index contributed by atoms with van der Waals surface area (Å²) in [6.45, 7) is 2.10. The van der Waals surface area contributed by atoms with Gasteiger partial charge in [-0.3, -0.25) is 9.59 Å². The molecule has 0 aliphatic rings. The van der Waals surface area contributed by atoms with Gasteiger partial charge in [-0.1, -0.05) is 23.9 Å². The van der Waals surface area contributed by atoms with Crippen molar-refractivity contribution in [1.29, 1.82) is 0 Å². The van der Waals surface area contributed by atoms with Gasteiger partial charge in [0, 0.05) is 5.38 Å². The van der Waals surface area contributed by atoms with Crippen LogP contribution in [0.1, 0.15) is 12.6 Å². The second-order valence-corrected chi connectivity index (χ2v) is 8.02. The van der Waals surface area contributed by atoms with Crippen molar-refractivity contribution in [3.63, 3.8) is 0 Å². The lowest BCUT2D eigenvalue weighted by molar-refractivity contribution is -0.142. The number of rotatable bonds is 7. The molecule has 6 nitrogen and oxygen atoms in total. The van der Waals surface area contributed by atoms with E-state index < -0.39 is 0 Å². The molecule has 0 saturated heterocycles. The minimum absolute atomic E-state index is 0.112. The molecule has 0 saturated carbocycles. The van der Waals surface area contributed by atoms with Crippen LogP contribution in [0.3, 0.4) is 0 Å². The molecule has 1 aromatic carbocycles. The number of fused-ring (bicyclic) bond motifs is 1. The van der Waals surface area contributed by atoms with Gasteiger partial charge >= 0.3 is 5.97 Å². The van der Waals surface area contributed by atoms with E-state index in [4.69, 9.17) is 4.74 Å². The number of anilines is 1. The van der Waals surface area contributed by atoms with Gasteiger partial charge in [-0.2, -0.15) is 0 Å². The van der Waals surface area contributed by atoms with Crippen LogP contribution in [0.5, 0.6) is 0 Å². The molecule has 130 valence electrons. The van der Waals surface area contributed by atoms with E-state index in [9.17, 15) is 9.59 Å². The van der Waals surface area contributed by atoms with Crippen LogP contribution >= 0.6 is 34.4 Å². The van der Waals surface area contributed by atoms with Crippen LogP contribution in [0.25, 0.3) is 10.2 Å². The van der Waals surface area contributed by atoms with E-state index in [1.54, 1.807) is 23.6 Å². The maximum Gasteiger partial charge on any atom is 0.311 e. The third-order valence-electron chi connectivity index (χ3n) is 3.03. The van der Waals surface area contributed by atoms with Gasteiger partial charge in [0.05, 0.1) is 34.7 Å². The van der Waals surface area contributed by atoms with Crippen molar-refractivity contribution < 1.29 is 14.3 Å². The summed E-state index contributed by atoms with van der Waals surface area (Å²) in [6, 6.07) is 7.88. The Morgan fingerprint density at radius 2 is 2.12 bits per heavy atom. The molecule has 2 heterocycles. The van der Waals surface area contributed by atoms with E-state index >= 15 is 0 Å². The molecular weight excluding hydrogens is 378 g/mol. The Bertz CT molecular complexity index is 858. The molecule has 0 fully saturated rings. The van der Waals surface area contributed by atoms with Gasteiger partial charge in [0.1, 0.15) is 0 Å². The number of carbonyl (C=O) groups excluding carboxylic acids is 2. The highest BCUT2D eigenvalue weighted by molar-refractivity contribution is 8.01. The molecule has 3 aromatic rings. The first-order chi connectivity index (χ1) is 12.1. The average molecular weight is 394 g/mol. The number of carbonyl (C=O) groups is 2. The normalized spacial score (nSPS) is 10.8. The Labute approximate surface area is 156 Å². The van der Waals surface area contributed by atoms with Crippen molar-refractivity contribution >= 4 is 61.7 Å². The molecule has 25 heavy (non-hydrogen) atoms. The van der Waals surface area contributed by atoms with Crippen molar-refractivity contribution in [2.24, 2.45) is 0 Å². The molecule has 0 spiro atoms. The lowest BCUT2D eigenvalue weighted by Crippen LogP contribution is -2.14. The molecule has 3 rings (SSSR count). The van der Waals surface area contributed by atoms with Crippen LogP contribution in [-0.2, 0) is 20.7 Å². The maximum absolute atomic E-state index is 12.1. The second-order valence-electron chi connectivity index (χ2n) is 4.91. The van der Waals surface area contributed by atoms with Crippen molar-refractivity contribution in [3.8, 4) is 0 Å². The SMILES string of the molecule is CCOC(=O)Cc1csc(NC(=O)CSc2nc3ccccc3s2)n1. The summed E-state index contributed by atoms with van der Waals surface area (Å²) in [6.07, 6.45) is 0.112. The Balaban J connectivity index is 1.50. The summed E-state index contributed by atoms with van der Waals surface area (Å²) in [5.41, 5.74) is 1.54. The molecule has 2 aromatic heterocycles. The third kappa shape index (κ3) is 5.00. The third-order valence-corrected chi connectivity index (χ3v) is 6.02. The number of ether oxygens (including phenoxy) is 1. The van der Waals surface area contributed by atoms with Gasteiger partial charge in [0.25, 0.3) is 0 Å². The van der Waals surface area contributed by atoms with Gasteiger partial charge < -0.3 is 10.1 Å². The number of para-hydroxylation sites is 1. The van der Waals surface area contributed by atoms with E-state index in [-0.39, 0.29) is 24.1 Å². The van der Waals surface area contributed by atoms with Crippen molar-refractivity contribution in [3.05, 3.63) is 35.3 Å². The minimum Gasteiger partial charge on any atom is -0.466 e. The number of hydrogen-bond donors (Lipinski definition) is 1. The van der Waals surface area contributed by atoms with Crippen LogP contribution in [0.15, 0.2) is 34.0 Å². The number of nitrogens with one attached hydrogen (secondary N) is 1. The highest BCUT2D eigenvalue weighted by Gasteiger charge is 2.12. The van der Waals surface area contributed by atoms with Crippen LogP contribution in [-0.4, -0.2) is 34.2 Å². The average Bonchev–Trinajstić information content (AvgIpc) is 3.19. The quantitative estimate of drug-likeness (QED) is 0.488. The fourth-order valence-corrected chi connectivity index (χ4v) is 4.60. The van der Waals surface area contributed by atoms with Crippen molar-refractivity contribution in [2.75, 3.05) is 17.7 Å². The molecular formula is C16H15N3O3S3. The van der Waals surface area contributed by atoms with E-state index in [0.29, 0.717) is 17.4 Å². The zero-order valence-electron chi connectivity index (χ0n) is 13.4. The minimum atomic E-state index is -0.322. The largest absolute Gasteiger partial charge is 0.466 e. The number of thioether (sulfide) groups is 1. The Morgan fingerprint density at radius 3 is 2.92 bits per heavy atom. The second kappa shape index (κ2) is 8.41. The van der Waals surface area contributed by atoms with E-state index in [1.807, 2.05) is 24.3 Å². The fourth-order valence-electron chi connectivity index (χ4n) is 2.00. The van der Waals surface area contributed by atoms with Crippen LogP contribution in [0.2, 0.25) is 0 Å². The number of amides is 1. The van der Waals surface area contributed by atoms with E-state index in [0.717, 1.165) is 14.6 Å². The Hall–Kier alpha value is -1.97. The lowest BCUT2D eigenvalue weighted by Gasteiger charge is -2.00. The van der Waals surface area contributed by atoms with Crippen molar-refractivity contribution in [2.45, 2.75) is 17.7 Å². The van der Waals surface area contributed by atoms with Crippen molar-refractivity contribution in [1.82, 2.24) is 9.97 Å². The number of benzene rings is 1. The molecule has 0 aliphatic heterocycles. The first kappa shape index (κ1) is 17.8. The van der Waals surface area contributed by atoms with E-state index in [2.05, 4.69) is 15.3 Å². The fraction of sp³-hybridized carbons (Fsp3) is 0.250. The first-order valence-corrected chi connectivity index (χ1v) is 10.2. The summed E-state index contributed by atoms with van der Waals surface area (Å²) in [5.74, 6) is -0.217. The number of aromatic nitrogens is 2. The summed E-state index contributed by atoms with van der Waals surface area (Å²) in [5, 5.41) is 4.97. The Kier molecular flexibility index (Phi) is 6.00. The molecule has 1 N–H and O–H groups in total. The topological polar surface area (TPSA) is 81.2 Å². The van der Waals surface area contributed by atoms with Gasteiger partial charge in [0.2, 0.25) is 5.91 Å². The zero-order chi connectivity index (χ0) is 17.6. The number of nitrogens with zero attached hydrogens (tertiary/aromatic N) is 2. The maximum atomic E-state index is 12.1. The predicted octanol–water partition coefficient (Wildman–Crippen LogP) is 3.59. The number of esters is 1. The molecule has 0 atom stereocenters. The van der Waals surface area contributed by atoms with Gasteiger partial charge in [-0.15, -0.1) is 22.7 Å². The van der Waals surface area contributed by atoms with Gasteiger partial charge in [-0.05, 0) is 19.1 Å². The van der Waals surface area contributed by atoms with E-state index in [1.165, 1.54) is 23.1 Å². The highest BCUT2D eigenvalue weighted by Crippen LogP contribution is 2.29. The van der Waals surface area contributed by atoms with Crippen LogP contribution in [0, 0.1) is 0 Å². The summed E-state index contributed by atoms with van der Waals surface area (Å²) >= 11 is 4.25. The molecule has 0 bridgehead atoms. The zero-order valence-corrected chi connectivity index (χ0v) is 15.8. The predicted molar refractivity (Wildman–Crippen MR) is 101 cm³/mol.